The summed E-state index contributed by atoms with van der Waals surface area (Å²) in [5, 5.41) is 6.89. The zero-order chi connectivity index (χ0) is 13.0. The molecule has 4 heteroatoms. The number of benzene rings is 1. The topological polar surface area (TPSA) is 37.0 Å². The number of rotatable bonds is 2. The predicted molar refractivity (Wildman–Crippen MR) is 80.0 cm³/mol. The number of aryl methyl sites for hydroxylation is 2. The normalized spacial score (nSPS) is 9.89. The van der Waals surface area contributed by atoms with Crippen molar-refractivity contribution in [3.8, 4) is 0 Å². The maximum Gasteiger partial charge on any atom is 0.175 e. The average molecular weight is 257 g/mol. The van der Waals surface area contributed by atoms with Crippen LogP contribution in [0.25, 0.3) is 0 Å². The molecule has 1 aromatic heterocycles. The lowest BCUT2D eigenvalue weighted by atomic mass is 10.1. The summed E-state index contributed by atoms with van der Waals surface area (Å²) >= 11 is 5.29. The summed E-state index contributed by atoms with van der Waals surface area (Å²) in [5.41, 5.74) is 4.27. The fourth-order valence-electron chi connectivity index (χ4n) is 1.72. The average Bonchev–Trinajstić information content (AvgIpc) is 2.35. The number of hydrogen-bond donors (Lipinski definition) is 2. The van der Waals surface area contributed by atoms with Crippen molar-refractivity contribution in [3.05, 3.63) is 53.9 Å². The fourth-order valence-corrected chi connectivity index (χ4v) is 1.94. The molecule has 0 saturated heterocycles. The van der Waals surface area contributed by atoms with Crippen molar-refractivity contribution in [3.63, 3.8) is 0 Å². The van der Waals surface area contributed by atoms with E-state index in [1.807, 2.05) is 18.2 Å². The molecule has 0 aliphatic heterocycles. The second-order valence-corrected chi connectivity index (χ2v) is 4.50. The van der Waals surface area contributed by atoms with E-state index in [0.717, 1.165) is 11.4 Å². The molecule has 0 saturated carbocycles. The Morgan fingerprint density at radius 2 is 1.78 bits per heavy atom. The van der Waals surface area contributed by atoms with E-state index in [1.165, 1.54) is 11.1 Å². The van der Waals surface area contributed by atoms with Crippen molar-refractivity contribution in [2.45, 2.75) is 13.8 Å². The van der Waals surface area contributed by atoms with Gasteiger partial charge >= 0.3 is 0 Å². The van der Waals surface area contributed by atoms with Crippen LogP contribution in [0.4, 0.5) is 11.4 Å². The quantitative estimate of drug-likeness (QED) is 0.807. The molecule has 0 bridgehead atoms. The first-order valence-electron chi connectivity index (χ1n) is 5.71. The molecule has 92 valence electrons. The number of aromatic nitrogens is 1. The first-order valence-corrected chi connectivity index (χ1v) is 6.12. The molecule has 0 unspecified atom stereocenters. The summed E-state index contributed by atoms with van der Waals surface area (Å²) in [6.07, 6.45) is 3.46. The van der Waals surface area contributed by atoms with Crippen LogP contribution < -0.4 is 10.6 Å². The van der Waals surface area contributed by atoms with E-state index in [0.29, 0.717) is 5.11 Å². The molecule has 0 aliphatic carbocycles. The third kappa shape index (κ3) is 3.05. The Bertz CT molecular complexity index is 532. The van der Waals surface area contributed by atoms with Crippen molar-refractivity contribution >= 4 is 28.7 Å². The monoisotopic (exact) mass is 257 g/mol. The molecule has 0 radical (unpaired) electrons. The summed E-state index contributed by atoms with van der Waals surface area (Å²) in [4.78, 5) is 4.03. The molecule has 0 fully saturated rings. The van der Waals surface area contributed by atoms with Gasteiger partial charge in [-0.2, -0.15) is 0 Å². The van der Waals surface area contributed by atoms with Gasteiger partial charge in [0.2, 0.25) is 0 Å². The highest BCUT2D eigenvalue weighted by atomic mass is 32.1. The summed E-state index contributed by atoms with van der Waals surface area (Å²) in [6, 6.07) is 9.94. The van der Waals surface area contributed by atoms with E-state index in [9.17, 15) is 0 Å². The third-order valence-electron chi connectivity index (χ3n) is 2.64. The van der Waals surface area contributed by atoms with Crippen molar-refractivity contribution in [1.29, 1.82) is 0 Å². The molecule has 0 aliphatic rings. The SMILES string of the molecule is Cc1cccc(C)c1NC(=S)Nc1cccnc1. The van der Waals surface area contributed by atoms with Crippen LogP contribution in [-0.2, 0) is 0 Å². The molecule has 1 aromatic carbocycles. The molecule has 2 rings (SSSR count). The second kappa shape index (κ2) is 5.60. The van der Waals surface area contributed by atoms with Gasteiger partial charge < -0.3 is 10.6 Å². The lowest BCUT2D eigenvalue weighted by Crippen LogP contribution is -2.20. The fraction of sp³-hybridized carbons (Fsp3) is 0.143. The van der Waals surface area contributed by atoms with Crippen LogP contribution in [0.15, 0.2) is 42.7 Å². The number of para-hydroxylation sites is 1. The smallest absolute Gasteiger partial charge is 0.175 e. The van der Waals surface area contributed by atoms with Gasteiger partial charge in [0.05, 0.1) is 11.9 Å². The third-order valence-corrected chi connectivity index (χ3v) is 2.84. The van der Waals surface area contributed by atoms with Crippen LogP contribution in [0.2, 0.25) is 0 Å². The van der Waals surface area contributed by atoms with Crippen LogP contribution in [0.5, 0.6) is 0 Å². The molecule has 0 spiro atoms. The molecular weight excluding hydrogens is 242 g/mol. The van der Waals surface area contributed by atoms with E-state index < -0.39 is 0 Å². The Kier molecular flexibility index (Phi) is 3.89. The number of nitrogens with one attached hydrogen (secondary N) is 2. The standard InChI is InChI=1S/C14H15N3S/c1-10-5-3-6-11(2)13(10)17-14(18)16-12-7-4-8-15-9-12/h3-9H,1-2H3,(H2,16,17,18). The first kappa shape index (κ1) is 12.5. The molecule has 1 heterocycles. The van der Waals surface area contributed by atoms with Gasteiger partial charge in [0.15, 0.2) is 5.11 Å². The second-order valence-electron chi connectivity index (χ2n) is 4.09. The summed E-state index contributed by atoms with van der Waals surface area (Å²) in [7, 11) is 0. The number of thiocarbonyl (C=S) groups is 1. The Balaban J connectivity index is 2.08. The van der Waals surface area contributed by atoms with E-state index >= 15 is 0 Å². The highest BCUT2D eigenvalue weighted by Gasteiger charge is 2.04. The van der Waals surface area contributed by atoms with Crippen molar-refractivity contribution in [2.24, 2.45) is 0 Å². The molecule has 18 heavy (non-hydrogen) atoms. The Hall–Kier alpha value is -1.94. The van der Waals surface area contributed by atoms with E-state index in [2.05, 4.69) is 41.6 Å². The molecular formula is C14H15N3S. The lowest BCUT2D eigenvalue weighted by molar-refractivity contribution is 1.33. The van der Waals surface area contributed by atoms with Gasteiger partial charge in [-0.1, -0.05) is 18.2 Å². The highest BCUT2D eigenvalue weighted by molar-refractivity contribution is 7.80. The van der Waals surface area contributed by atoms with Crippen LogP contribution in [0.3, 0.4) is 0 Å². The molecule has 2 aromatic rings. The molecule has 2 N–H and O–H groups in total. The first-order chi connectivity index (χ1) is 8.66. The van der Waals surface area contributed by atoms with Crippen molar-refractivity contribution in [2.75, 3.05) is 10.6 Å². The Morgan fingerprint density at radius 3 is 2.39 bits per heavy atom. The van der Waals surface area contributed by atoms with Gasteiger partial charge in [-0.15, -0.1) is 0 Å². The lowest BCUT2D eigenvalue weighted by Gasteiger charge is -2.14. The van der Waals surface area contributed by atoms with Crippen molar-refractivity contribution in [1.82, 2.24) is 4.98 Å². The maximum absolute atomic E-state index is 5.29. The van der Waals surface area contributed by atoms with Gasteiger partial charge in [-0.05, 0) is 49.3 Å². The van der Waals surface area contributed by atoms with Gasteiger partial charge in [-0.3, -0.25) is 4.98 Å². The summed E-state index contributed by atoms with van der Waals surface area (Å²) in [6.45, 7) is 4.12. The van der Waals surface area contributed by atoms with Gasteiger partial charge in [0.1, 0.15) is 0 Å². The van der Waals surface area contributed by atoms with Gasteiger partial charge in [0, 0.05) is 11.9 Å². The number of pyridine rings is 1. The number of anilines is 2. The van der Waals surface area contributed by atoms with E-state index in [1.54, 1.807) is 12.4 Å². The van der Waals surface area contributed by atoms with Crippen LogP contribution >= 0.6 is 12.2 Å². The Morgan fingerprint density at radius 1 is 1.06 bits per heavy atom. The number of hydrogen-bond acceptors (Lipinski definition) is 2. The highest BCUT2D eigenvalue weighted by Crippen LogP contribution is 2.19. The largest absolute Gasteiger partial charge is 0.332 e. The maximum atomic E-state index is 5.29. The van der Waals surface area contributed by atoms with Crippen LogP contribution in [0, 0.1) is 13.8 Å². The minimum absolute atomic E-state index is 0.570. The van der Waals surface area contributed by atoms with Crippen LogP contribution in [0.1, 0.15) is 11.1 Å². The Labute approximate surface area is 112 Å². The zero-order valence-electron chi connectivity index (χ0n) is 10.4. The minimum Gasteiger partial charge on any atom is -0.332 e. The minimum atomic E-state index is 0.570. The predicted octanol–water partition coefficient (Wildman–Crippen LogP) is 3.51. The van der Waals surface area contributed by atoms with Crippen LogP contribution in [-0.4, -0.2) is 10.1 Å². The van der Waals surface area contributed by atoms with E-state index in [-0.39, 0.29) is 0 Å². The molecule has 0 amide bonds. The van der Waals surface area contributed by atoms with Gasteiger partial charge in [0.25, 0.3) is 0 Å². The van der Waals surface area contributed by atoms with E-state index in [4.69, 9.17) is 12.2 Å². The summed E-state index contributed by atoms with van der Waals surface area (Å²) in [5.74, 6) is 0. The van der Waals surface area contributed by atoms with Crippen molar-refractivity contribution < 1.29 is 0 Å². The zero-order valence-corrected chi connectivity index (χ0v) is 11.2. The molecule has 3 nitrogen and oxygen atoms in total. The molecule has 0 atom stereocenters. The summed E-state index contributed by atoms with van der Waals surface area (Å²) < 4.78 is 0. The number of nitrogens with zero attached hydrogens (tertiary/aromatic N) is 1. The van der Waals surface area contributed by atoms with Gasteiger partial charge in [-0.25, -0.2) is 0 Å².